The Morgan fingerprint density at radius 3 is 2.61 bits per heavy atom. The molecule has 6 rings (SSSR count). The topological polar surface area (TPSA) is 170 Å². The number of nitrogen functional groups attached to an aromatic ring is 1. The van der Waals surface area contributed by atoms with Crippen molar-refractivity contribution < 1.29 is 17.6 Å². The first kappa shape index (κ1) is 29.3. The van der Waals surface area contributed by atoms with Crippen LogP contribution in [-0.2, 0) is 14.6 Å². The Hall–Kier alpha value is -4.79. The lowest BCUT2D eigenvalue weighted by Crippen LogP contribution is -2.54. The average Bonchev–Trinajstić information content (AvgIpc) is 2.95. The number of aromatic nitrogens is 6. The number of hydrogen-bond acceptors (Lipinski definition) is 11. The summed E-state index contributed by atoms with van der Waals surface area (Å²) in [4.78, 5) is 50.9. The summed E-state index contributed by atoms with van der Waals surface area (Å²) in [7, 11) is -3.94. The number of pyridine rings is 2. The number of carbonyl (C=O) groups is 1. The van der Waals surface area contributed by atoms with Crippen LogP contribution in [0.5, 0.6) is 0 Å². The van der Waals surface area contributed by atoms with Crippen LogP contribution in [0.3, 0.4) is 0 Å². The maximum absolute atomic E-state index is 15.9. The molecule has 1 atom stereocenters. The Bertz CT molecular complexity index is 2000. The van der Waals surface area contributed by atoms with E-state index in [9.17, 15) is 18.0 Å². The first-order chi connectivity index (χ1) is 21.0. The van der Waals surface area contributed by atoms with Gasteiger partial charge in [0.15, 0.2) is 26.3 Å². The van der Waals surface area contributed by atoms with Gasteiger partial charge in [0.1, 0.15) is 23.7 Å². The number of nitrogens with zero attached hydrogens (tertiary/aromatic N) is 8. The number of nitrogens with two attached hydrogens (primary N) is 1. The van der Waals surface area contributed by atoms with Gasteiger partial charge in [0.2, 0.25) is 5.91 Å². The molecule has 2 N–H and O–H groups in total. The number of amides is 1. The van der Waals surface area contributed by atoms with Gasteiger partial charge in [0, 0.05) is 44.3 Å². The molecule has 5 heterocycles. The van der Waals surface area contributed by atoms with E-state index in [1.807, 2.05) is 11.8 Å². The van der Waals surface area contributed by atoms with Crippen molar-refractivity contribution in [3.8, 4) is 16.9 Å². The predicted molar refractivity (Wildman–Crippen MR) is 162 cm³/mol. The van der Waals surface area contributed by atoms with E-state index in [1.165, 1.54) is 30.9 Å². The van der Waals surface area contributed by atoms with Crippen molar-refractivity contribution in [3.63, 3.8) is 0 Å². The summed E-state index contributed by atoms with van der Waals surface area (Å²) in [6.45, 7) is 6.35. The molecule has 0 aromatic carbocycles. The number of sulfone groups is 1. The van der Waals surface area contributed by atoms with Crippen molar-refractivity contribution in [3.05, 3.63) is 65.4 Å². The molecule has 4 aromatic heterocycles. The zero-order valence-corrected chi connectivity index (χ0v) is 25.0. The summed E-state index contributed by atoms with van der Waals surface area (Å²) in [5.41, 5.74) is 5.75. The van der Waals surface area contributed by atoms with Gasteiger partial charge >= 0.3 is 5.69 Å². The van der Waals surface area contributed by atoms with Gasteiger partial charge in [-0.05, 0) is 49.5 Å². The highest BCUT2D eigenvalue weighted by molar-refractivity contribution is 7.90. The third kappa shape index (κ3) is 4.96. The molecule has 1 saturated carbocycles. The van der Waals surface area contributed by atoms with E-state index in [0.717, 1.165) is 30.1 Å². The minimum absolute atomic E-state index is 0.0105. The molecular weight excluding hydrogens is 589 g/mol. The van der Waals surface area contributed by atoms with Crippen LogP contribution in [0.2, 0.25) is 0 Å². The minimum atomic E-state index is -3.94. The maximum Gasteiger partial charge on any atom is 0.355 e. The zero-order chi connectivity index (χ0) is 31.3. The van der Waals surface area contributed by atoms with E-state index in [-0.39, 0.29) is 62.5 Å². The fourth-order valence-electron chi connectivity index (χ4n) is 5.83. The van der Waals surface area contributed by atoms with E-state index in [4.69, 9.17) is 5.73 Å². The molecule has 1 aliphatic carbocycles. The molecule has 2 aliphatic rings. The van der Waals surface area contributed by atoms with Crippen LogP contribution < -0.4 is 16.3 Å². The first-order valence-corrected chi connectivity index (χ1v) is 15.9. The normalized spacial score (nSPS) is 17.5. The Labute approximate surface area is 252 Å². The number of rotatable bonds is 6. The van der Waals surface area contributed by atoms with Gasteiger partial charge in [-0.2, -0.15) is 4.98 Å². The van der Waals surface area contributed by atoms with Gasteiger partial charge < -0.3 is 15.5 Å². The summed E-state index contributed by atoms with van der Waals surface area (Å²) in [6, 6.07) is 2.59. The van der Waals surface area contributed by atoms with Gasteiger partial charge in [-0.3, -0.25) is 4.79 Å². The standard InChI is InChI=1S/C29H30FN9O4S/c1-4-22(40)37-10-11-38(16(2)14-37)26-19-12-21(30)23(20-13-32-15-34-25(20)31)35-27(19)39(29(41)36-26)24-18(17-6-5-7-17)8-9-33-28(24)44(3,42)43/h4,8-9,12-13,15-17H,1,5-7,10-11,14H2,2-3H3,(H2,31,32,34)/t16-/m0/s1. The summed E-state index contributed by atoms with van der Waals surface area (Å²) >= 11 is 0. The molecule has 1 aliphatic heterocycles. The molecule has 2 fully saturated rings. The van der Waals surface area contributed by atoms with Crippen molar-refractivity contribution >= 4 is 38.4 Å². The second kappa shape index (κ2) is 11.0. The zero-order valence-electron chi connectivity index (χ0n) is 24.1. The van der Waals surface area contributed by atoms with Crippen LogP contribution in [0.25, 0.3) is 28.0 Å². The molecule has 0 spiro atoms. The van der Waals surface area contributed by atoms with Gasteiger partial charge in [-0.15, -0.1) is 0 Å². The van der Waals surface area contributed by atoms with Crippen LogP contribution >= 0.6 is 0 Å². The minimum Gasteiger partial charge on any atom is -0.383 e. The van der Waals surface area contributed by atoms with Crippen LogP contribution in [0.1, 0.15) is 37.7 Å². The van der Waals surface area contributed by atoms with E-state index in [2.05, 4.69) is 31.5 Å². The number of piperazine rings is 1. The summed E-state index contributed by atoms with van der Waals surface area (Å²) in [5.74, 6) is -0.875. The van der Waals surface area contributed by atoms with Crippen LogP contribution in [-0.4, -0.2) is 80.6 Å². The van der Waals surface area contributed by atoms with Crippen LogP contribution in [0.4, 0.5) is 16.0 Å². The number of hydrogen-bond donors (Lipinski definition) is 1. The predicted octanol–water partition coefficient (Wildman–Crippen LogP) is 2.25. The second-order valence-electron chi connectivity index (χ2n) is 11.0. The number of halogens is 1. The highest BCUT2D eigenvalue weighted by Crippen LogP contribution is 2.41. The van der Waals surface area contributed by atoms with Crippen molar-refractivity contribution in [2.24, 2.45) is 0 Å². The molecule has 15 heteroatoms. The van der Waals surface area contributed by atoms with Crippen LogP contribution in [0, 0.1) is 5.82 Å². The molecule has 13 nitrogen and oxygen atoms in total. The van der Waals surface area contributed by atoms with Crippen LogP contribution in [0.15, 0.2) is 53.3 Å². The lowest BCUT2D eigenvalue weighted by atomic mass is 9.79. The third-order valence-corrected chi connectivity index (χ3v) is 9.23. The lowest BCUT2D eigenvalue weighted by molar-refractivity contribution is -0.126. The highest BCUT2D eigenvalue weighted by atomic mass is 32.2. The van der Waals surface area contributed by atoms with Gasteiger partial charge in [0.25, 0.3) is 0 Å². The molecule has 0 bridgehead atoms. The van der Waals surface area contributed by atoms with E-state index >= 15 is 4.39 Å². The van der Waals surface area contributed by atoms with Crippen molar-refractivity contribution in [1.29, 1.82) is 0 Å². The Balaban J connectivity index is 1.67. The third-order valence-electron chi connectivity index (χ3n) is 8.23. The monoisotopic (exact) mass is 619 g/mol. The summed E-state index contributed by atoms with van der Waals surface area (Å²) < 4.78 is 43.2. The lowest BCUT2D eigenvalue weighted by Gasteiger charge is -2.40. The average molecular weight is 620 g/mol. The molecule has 0 unspecified atom stereocenters. The van der Waals surface area contributed by atoms with Gasteiger partial charge in [-0.1, -0.05) is 13.0 Å². The summed E-state index contributed by atoms with van der Waals surface area (Å²) in [6.07, 6.45) is 8.75. The molecular formula is C29H30FN9O4S. The Morgan fingerprint density at radius 2 is 1.98 bits per heavy atom. The van der Waals surface area contributed by atoms with Gasteiger partial charge in [0.05, 0.1) is 16.6 Å². The number of anilines is 2. The molecule has 44 heavy (non-hydrogen) atoms. The number of fused-ring (bicyclic) bond motifs is 1. The molecule has 4 aromatic rings. The Morgan fingerprint density at radius 1 is 1.20 bits per heavy atom. The van der Waals surface area contributed by atoms with Crippen molar-refractivity contribution in [1.82, 2.24) is 34.4 Å². The molecule has 1 amide bonds. The fraction of sp³-hybridized carbons (Fsp3) is 0.345. The fourth-order valence-corrected chi connectivity index (χ4v) is 6.64. The van der Waals surface area contributed by atoms with Crippen molar-refractivity contribution in [2.45, 2.75) is 43.2 Å². The first-order valence-electron chi connectivity index (χ1n) is 14.1. The van der Waals surface area contributed by atoms with E-state index in [1.54, 1.807) is 11.0 Å². The smallest absolute Gasteiger partial charge is 0.355 e. The van der Waals surface area contributed by atoms with Gasteiger partial charge in [-0.25, -0.2) is 42.1 Å². The largest absolute Gasteiger partial charge is 0.383 e. The Kier molecular flexibility index (Phi) is 7.35. The highest BCUT2D eigenvalue weighted by Gasteiger charge is 2.33. The quantitative estimate of drug-likeness (QED) is 0.314. The second-order valence-corrected chi connectivity index (χ2v) is 13.0. The van der Waals surface area contributed by atoms with Crippen molar-refractivity contribution in [2.75, 3.05) is 36.5 Å². The van der Waals surface area contributed by atoms with E-state index in [0.29, 0.717) is 25.2 Å². The summed E-state index contributed by atoms with van der Waals surface area (Å²) in [5, 5.41) is -0.139. The molecule has 228 valence electrons. The number of carbonyl (C=O) groups excluding carboxylic acids is 1. The van der Waals surface area contributed by atoms with E-state index < -0.39 is 21.3 Å². The molecule has 0 radical (unpaired) electrons. The SMILES string of the molecule is C=CC(=O)N1CCN(c2nc(=O)n(-c3c(C4CCC4)ccnc3S(C)(=O)=O)c3nc(-c4cncnc4N)c(F)cc23)[C@@H](C)C1. The maximum atomic E-state index is 15.9. The molecule has 1 saturated heterocycles.